The Kier molecular flexibility index (Phi) is 5.59. The van der Waals surface area contributed by atoms with Gasteiger partial charge in [-0.2, -0.15) is 4.37 Å². The van der Waals surface area contributed by atoms with Crippen LogP contribution in [0, 0.1) is 5.92 Å². The van der Waals surface area contributed by atoms with Crippen molar-refractivity contribution in [2.45, 2.75) is 20.4 Å². The van der Waals surface area contributed by atoms with Crippen LogP contribution in [0.15, 0.2) is 24.3 Å². The maximum Gasteiger partial charge on any atom is 0.161 e. The summed E-state index contributed by atoms with van der Waals surface area (Å²) in [6.07, 6.45) is 0. The summed E-state index contributed by atoms with van der Waals surface area (Å²) in [6, 6.07) is 7.99. The van der Waals surface area contributed by atoms with Crippen molar-refractivity contribution in [1.82, 2.24) is 9.69 Å². The average molecular weight is 306 g/mol. The lowest BCUT2D eigenvalue weighted by molar-refractivity contribution is 0.355. The highest BCUT2D eigenvalue weighted by atomic mass is 32.1. The Balaban J connectivity index is 2.10. The molecular weight excluding hydrogens is 284 g/mol. The van der Waals surface area contributed by atoms with Crippen molar-refractivity contribution in [3.63, 3.8) is 0 Å². The van der Waals surface area contributed by atoms with Gasteiger partial charge >= 0.3 is 0 Å². The summed E-state index contributed by atoms with van der Waals surface area (Å²) in [4.78, 5) is 1.24. The summed E-state index contributed by atoms with van der Waals surface area (Å²) >= 11 is 1.53. The molecule has 0 unspecified atom stereocenters. The molecule has 0 saturated heterocycles. The molecule has 0 bridgehead atoms. The molecule has 1 aromatic carbocycles. The summed E-state index contributed by atoms with van der Waals surface area (Å²) in [5, 5.41) is 3.43. The van der Waals surface area contributed by atoms with Crippen molar-refractivity contribution in [3.8, 4) is 22.8 Å². The first-order chi connectivity index (χ1) is 10.1. The van der Waals surface area contributed by atoms with Crippen LogP contribution in [0.5, 0.6) is 11.5 Å². The van der Waals surface area contributed by atoms with Crippen LogP contribution >= 0.6 is 11.5 Å². The molecule has 2 aromatic rings. The monoisotopic (exact) mass is 306 g/mol. The summed E-state index contributed by atoms with van der Waals surface area (Å²) in [7, 11) is 3.28. The van der Waals surface area contributed by atoms with Gasteiger partial charge in [-0.05, 0) is 48.3 Å². The van der Waals surface area contributed by atoms with E-state index >= 15 is 0 Å². The molecule has 2 rings (SSSR count). The number of benzene rings is 1. The van der Waals surface area contributed by atoms with Gasteiger partial charge in [0.05, 0.1) is 19.9 Å². The number of hydrogen-bond donors (Lipinski definition) is 1. The third-order valence-electron chi connectivity index (χ3n) is 3.09. The molecule has 0 radical (unpaired) electrons. The minimum atomic E-state index is 0.656. The Labute approximate surface area is 130 Å². The molecule has 0 saturated carbocycles. The van der Waals surface area contributed by atoms with Crippen LogP contribution in [-0.4, -0.2) is 25.1 Å². The lowest BCUT2D eigenvalue weighted by Crippen LogP contribution is -2.18. The SMILES string of the molecule is COc1ccc(-c2cc(CNCC(C)C)sn2)cc1OC. The molecular formula is C16H22N2O2S. The average Bonchev–Trinajstić information content (AvgIpc) is 2.95. The van der Waals surface area contributed by atoms with Gasteiger partial charge in [-0.1, -0.05) is 13.8 Å². The molecule has 1 aromatic heterocycles. The largest absolute Gasteiger partial charge is 0.493 e. The molecule has 0 aliphatic rings. The molecule has 21 heavy (non-hydrogen) atoms. The summed E-state index contributed by atoms with van der Waals surface area (Å²) in [5.74, 6) is 2.11. The first-order valence-electron chi connectivity index (χ1n) is 7.02. The second kappa shape index (κ2) is 7.43. The molecule has 0 aliphatic heterocycles. The van der Waals surface area contributed by atoms with Gasteiger partial charge in [-0.15, -0.1) is 0 Å². The van der Waals surface area contributed by atoms with Crippen molar-refractivity contribution in [3.05, 3.63) is 29.1 Å². The van der Waals surface area contributed by atoms with Crippen molar-refractivity contribution in [2.75, 3.05) is 20.8 Å². The summed E-state index contributed by atoms with van der Waals surface area (Å²) in [6.45, 7) is 6.29. The normalized spacial score (nSPS) is 10.9. The van der Waals surface area contributed by atoms with Crippen molar-refractivity contribution in [1.29, 1.82) is 0 Å². The molecule has 0 spiro atoms. The van der Waals surface area contributed by atoms with E-state index in [1.54, 1.807) is 14.2 Å². The fourth-order valence-corrected chi connectivity index (χ4v) is 2.72. The van der Waals surface area contributed by atoms with E-state index in [1.807, 2.05) is 18.2 Å². The van der Waals surface area contributed by atoms with Crippen molar-refractivity contribution < 1.29 is 9.47 Å². The zero-order valence-electron chi connectivity index (χ0n) is 13.0. The number of ether oxygens (including phenoxy) is 2. The van der Waals surface area contributed by atoms with Gasteiger partial charge in [-0.3, -0.25) is 0 Å². The van der Waals surface area contributed by atoms with Gasteiger partial charge in [0, 0.05) is 17.0 Å². The Morgan fingerprint density at radius 1 is 1.14 bits per heavy atom. The zero-order valence-corrected chi connectivity index (χ0v) is 13.8. The topological polar surface area (TPSA) is 43.4 Å². The number of rotatable bonds is 7. The van der Waals surface area contributed by atoms with Crippen LogP contribution in [0.25, 0.3) is 11.3 Å². The molecule has 0 aliphatic carbocycles. The zero-order chi connectivity index (χ0) is 15.2. The van der Waals surface area contributed by atoms with Crippen LogP contribution in [0.3, 0.4) is 0 Å². The van der Waals surface area contributed by atoms with Crippen molar-refractivity contribution in [2.24, 2.45) is 5.92 Å². The van der Waals surface area contributed by atoms with Gasteiger partial charge < -0.3 is 14.8 Å². The Morgan fingerprint density at radius 3 is 2.57 bits per heavy atom. The van der Waals surface area contributed by atoms with Gasteiger partial charge in [0.1, 0.15) is 0 Å². The number of methoxy groups -OCH3 is 2. The highest BCUT2D eigenvalue weighted by Gasteiger charge is 2.09. The molecule has 1 heterocycles. The first kappa shape index (κ1) is 15.8. The van der Waals surface area contributed by atoms with E-state index in [2.05, 4.69) is 29.6 Å². The highest BCUT2D eigenvalue weighted by molar-refractivity contribution is 7.06. The van der Waals surface area contributed by atoms with E-state index in [1.165, 1.54) is 16.4 Å². The quantitative estimate of drug-likeness (QED) is 0.849. The van der Waals surface area contributed by atoms with E-state index in [9.17, 15) is 0 Å². The number of hydrogen-bond acceptors (Lipinski definition) is 5. The van der Waals surface area contributed by atoms with E-state index in [0.717, 1.165) is 35.8 Å². The molecule has 0 fully saturated rings. The summed E-state index contributed by atoms with van der Waals surface area (Å²) in [5.41, 5.74) is 2.02. The summed E-state index contributed by atoms with van der Waals surface area (Å²) < 4.78 is 15.1. The van der Waals surface area contributed by atoms with Crippen LogP contribution < -0.4 is 14.8 Å². The maximum atomic E-state index is 5.33. The molecule has 0 atom stereocenters. The van der Waals surface area contributed by atoms with Crippen LogP contribution in [-0.2, 0) is 6.54 Å². The Morgan fingerprint density at radius 2 is 1.90 bits per heavy atom. The molecule has 4 nitrogen and oxygen atoms in total. The Bertz CT molecular complexity index is 581. The molecule has 0 amide bonds. The van der Waals surface area contributed by atoms with E-state index in [-0.39, 0.29) is 0 Å². The molecule has 5 heteroatoms. The fourth-order valence-electron chi connectivity index (χ4n) is 2.01. The van der Waals surface area contributed by atoms with Crippen LogP contribution in [0.4, 0.5) is 0 Å². The van der Waals surface area contributed by atoms with Gasteiger partial charge in [0.25, 0.3) is 0 Å². The molecule has 114 valence electrons. The van der Waals surface area contributed by atoms with Crippen LogP contribution in [0.2, 0.25) is 0 Å². The smallest absolute Gasteiger partial charge is 0.161 e. The second-order valence-corrected chi connectivity index (χ2v) is 6.16. The Hall–Kier alpha value is -1.59. The van der Waals surface area contributed by atoms with E-state index in [4.69, 9.17) is 9.47 Å². The third kappa shape index (κ3) is 4.19. The van der Waals surface area contributed by atoms with Gasteiger partial charge in [0.15, 0.2) is 11.5 Å². The van der Waals surface area contributed by atoms with Crippen molar-refractivity contribution >= 4 is 11.5 Å². The highest BCUT2D eigenvalue weighted by Crippen LogP contribution is 2.32. The standard InChI is InChI=1S/C16H22N2O2S/c1-11(2)9-17-10-13-8-14(18-21-13)12-5-6-15(19-3)16(7-12)20-4/h5-8,11,17H,9-10H2,1-4H3. The third-order valence-corrected chi connectivity index (χ3v) is 3.87. The number of aromatic nitrogens is 1. The van der Waals surface area contributed by atoms with E-state index in [0.29, 0.717) is 5.92 Å². The van der Waals surface area contributed by atoms with E-state index < -0.39 is 0 Å². The lowest BCUT2D eigenvalue weighted by Gasteiger charge is -2.08. The number of nitrogens with one attached hydrogen (secondary N) is 1. The lowest BCUT2D eigenvalue weighted by atomic mass is 10.1. The maximum absolute atomic E-state index is 5.33. The van der Waals surface area contributed by atoms with Gasteiger partial charge in [0.2, 0.25) is 0 Å². The minimum absolute atomic E-state index is 0.656. The molecule has 1 N–H and O–H groups in total. The van der Waals surface area contributed by atoms with Crippen LogP contribution in [0.1, 0.15) is 18.7 Å². The second-order valence-electron chi connectivity index (χ2n) is 5.27. The van der Waals surface area contributed by atoms with Gasteiger partial charge in [-0.25, -0.2) is 0 Å². The first-order valence-corrected chi connectivity index (χ1v) is 7.80. The predicted octanol–water partition coefficient (Wildman–Crippen LogP) is 3.57. The number of nitrogens with zero attached hydrogens (tertiary/aromatic N) is 1. The predicted molar refractivity (Wildman–Crippen MR) is 87.2 cm³/mol. The minimum Gasteiger partial charge on any atom is -0.493 e. The fraction of sp³-hybridized carbons (Fsp3) is 0.438.